The SMILES string of the molecule is CCC(NCc1cnn2ccccc12)c1ccc(C)cc1. The van der Waals surface area contributed by atoms with E-state index >= 15 is 0 Å². The molecule has 3 heteroatoms. The van der Waals surface area contributed by atoms with Gasteiger partial charge in [-0.25, -0.2) is 4.52 Å². The van der Waals surface area contributed by atoms with Crippen LogP contribution < -0.4 is 5.32 Å². The molecule has 1 atom stereocenters. The summed E-state index contributed by atoms with van der Waals surface area (Å²) in [4.78, 5) is 0. The fourth-order valence-electron chi connectivity index (χ4n) is 2.65. The minimum atomic E-state index is 0.379. The molecule has 0 fully saturated rings. The molecule has 3 rings (SSSR count). The third-order valence-electron chi connectivity index (χ3n) is 3.93. The van der Waals surface area contributed by atoms with Gasteiger partial charge in [-0.2, -0.15) is 5.10 Å². The van der Waals surface area contributed by atoms with Gasteiger partial charge in [-0.15, -0.1) is 0 Å². The van der Waals surface area contributed by atoms with Crippen LogP contribution in [0.2, 0.25) is 0 Å². The highest BCUT2D eigenvalue weighted by Crippen LogP contribution is 2.19. The van der Waals surface area contributed by atoms with E-state index < -0.39 is 0 Å². The topological polar surface area (TPSA) is 29.3 Å². The Bertz CT molecular complexity index is 713. The number of hydrogen-bond acceptors (Lipinski definition) is 2. The minimum absolute atomic E-state index is 0.379. The maximum atomic E-state index is 4.38. The fourth-order valence-corrected chi connectivity index (χ4v) is 2.65. The highest BCUT2D eigenvalue weighted by atomic mass is 15.2. The Morgan fingerprint density at radius 2 is 1.95 bits per heavy atom. The molecule has 1 N–H and O–H groups in total. The van der Waals surface area contributed by atoms with Crippen LogP contribution in [0.5, 0.6) is 0 Å². The zero-order valence-corrected chi connectivity index (χ0v) is 12.6. The van der Waals surface area contributed by atoms with Gasteiger partial charge >= 0.3 is 0 Å². The maximum absolute atomic E-state index is 4.38. The molecule has 1 aromatic carbocycles. The third-order valence-corrected chi connectivity index (χ3v) is 3.93. The third kappa shape index (κ3) is 2.98. The second kappa shape index (κ2) is 6.10. The van der Waals surface area contributed by atoms with Crippen LogP contribution in [0.25, 0.3) is 5.52 Å². The lowest BCUT2D eigenvalue weighted by Crippen LogP contribution is -2.20. The summed E-state index contributed by atoms with van der Waals surface area (Å²) in [5, 5.41) is 8.03. The Balaban J connectivity index is 1.74. The van der Waals surface area contributed by atoms with Gasteiger partial charge in [-0.3, -0.25) is 0 Å². The average molecular weight is 279 g/mol. The van der Waals surface area contributed by atoms with Crippen molar-refractivity contribution in [3.05, 3.63) is 71.5 Å². The molecular formula is C18H21N3. The van der Waals surface area contributed by atoms with E-state index in [2.05, 4.69) is 60.7 Å². The monoisotopic (exact) mass is 279 g/mol. The molecule has 2 heterocycles. The van der Waals surface area contributed by atoms with Gasteiger partial charge in [-0.1, -0.05) is 42.8 Å². The van der Waals surface area contributed by atoms with Crippen LogP contribution in [0.1, 0.15) is 36.1 Å². The number of nitrogens with zero attached hydrogens (tertiary/aromatic N) is 2. The van der Waals surface area contributed by atoms with E-state index in [0.29, 0.717) is 6.04 Å². The van der Waals surface area contributed by atoms with Gasteiger partial charge in [-0.05, 0) is 31.0 Å². The van der Waals surface area contributed by atoms with E-state index in [4.69, 9.17) is 0 Å². The minimum Gasteiger partial charge on any atom is -0.306 e. The molecule has 0 amide bonds. The Morgan fingerprint density at radius 1 is 1.14 bits per heavy atom. The number of nitrogens with one attached hydrogen (secondary N) is 1. The second-order valence-corrected chi connectivity index (χ2v) is 5.45. The molecule has 0 spiro atoms. The summed E-state index contributed by atoms with van der Waals surface area (Å²) in [6, 6.07) is 15.3. The summed E-state index contributed by atoms with van der Waals surface area (Å²) in [6.45, 7) is 5.17. The van der Waals surface area contributed by atoms with Crippen LogP contribution >= 0.6 is 0 Å². The highest BCUT2D eigenvalue weighted by molar-refractivity contribution is 5.53. The molecule has 0 bridgehead atoms. The van der Waals surface area contributed by atoms with Crippen molar-refractivity contribution in [1.29, 1.82) is 0 Å². The van der Waals surface area contributed by atoms with Crippen molar-refractivity contribution >= 4 is 5.52 Å². The van der Waals surface area contributed by atoms with Crippen LogP contribution in [0.4, 0.5) is 0 Å². The molecular weight excluding hydrogens is 258 g/mol. The number of aryl methyl sites for hydroxylation is 1. The van der Waals surface area contributed by atoms with E-state index in [9.17, 15) is 0 Å². The van der Waals surface area contributed by atoms with E-state index in [-0.39, 0.29) is 0 Å². The van der Waals surface area contributed by atoms with Crippen molar-refractivity contribution in [3.63, 3.8) is 0 Å². The predicted octanol–water partition coefficient (Wildman–Crippen LogP) is 3.88. The first-order valence-corrected chi connectivity index (χ1v) is 7.49. The Morgan fingerprint density at radius 3 is 2.71 bits per heavy atom. The number of hydrogen-bond donors (Lipinski definition) is 1. The Labute approximate surface area is 125 Å². The zero-order valence-electron chi connectivity index (χ0n) is 12.6. The van der Waals surface area contributed by atoms with Crippen molar-refractivity contribution in [2.24, 2.45) is 0 Å². The van der Waals surface area contributed by atoms with Crippen molar-refractivity contribution in [2.45, 2.75) is 32.9 Å². The molecule has 0 saturated heterocycles. The van der Waals surface area contributed by atoms with Crippen LogP contribution in [0.15, 0.2) is 54.9 Å². The van der Waals surface area contributed by atoms with Gasteiger partial charge in [0.15, 0.2) is 0 Å². The lowest BCUT2D eigenvalue weighted by Gasteiger charge is -2.17. The number of fused-ring (bicyclic) bond motifs is 1. The molecule has 2 aromatic heterocycles. The summed E-state index contributed by atoms with van der Waals surface area (Å²) in [7, 11) is 0. The number of aromatic nitrogens is 2. The van der Waals surface area contributed by atoms with E-state index in [1.807, 2.05) is 23.0 Å². The molecule has 108 valence electrons. The van der Waals surface area contributed by atoms with Crippen molar-refractivity contribution in [1.82, 2.24) is 14.9 Å². The number of pyridine rings is 1. The summed E-state index contributed by atoms with van der Waals surface area (Å²) >= 11 is 0. The first kappa shape index (κ1) is 13.8. The standard InChI is InChI=1S/C18H21N3/c1-3-17(15-9-7-14(2)8-10-15)19-12-16-13-20-21-11-5-4-6-18(16)21/h4-11,13,17,19H,3,12H2,1-2H3. The number of benzene rings is 1. The van der Waals surface area contributed by atoms with Gasteiger partial charge in [0.1, 0.15) is 0 Å². The summed E-state index contributed by atoms with van der Waals surface area (Å²) < 4.78 is 1.92. The Kier molecular flexibility index (Phi) is 4.02. The van der Waals surface area contributed by atoms with Crippen LogP contribution in [0.3, 0.4) is 0 Å². The van der Waals surface area contributed by atoms with Crippen LogP contribution in [0, 0.1) is 6.92 Å². The Hall–Kier alpha value is -2.13. The highest BCUT2D eigenvalue weighted by Gasteiger charge is 2.10. The van der Waals surface area contributed by atoms with Crippen LogP contribution in [-0.2, 0) is 6.54 Å². The van der Waals surface area contributed by atoms with Gasteiger partial charge in [0.2, 0.25) is 0 Å². The first-order valence-electron chi connectivity index (χ1n) is 7.49. The molecule has 21 heavy (non-hydrogen) atoms. The van der Waals surface area contributed by atoms with Crippen molar-refractivity contribution < 1.29 is 0 Å². The fraction of sp³-hybridized carbons (Fsp3) is 0.278. The smallest absolute Gasteiger partial charge is 0.0706 e. The molecule has 0 saturated carbocycles. The quantitative estimate of drug-likeness (QED) is 0.768. The van der Waals surface area contributed by atoms with Gasteiger partial charge in [0.25, 0.3) is 0 Å². The molecule has 3 nitrogen and oxygen atoms in total. The number of rotatable bonds is 5. The summed E-state index contributed by atoms with van der Waals surface area (Å²) in [6.07, 6.45) is 5.00. The maximum Gasteiger partial charge on any atom is 0.0706 e. The largest absolute Gasteiger partial charge is 0.306 e. The van der Waals surface area contributed by atoms with E-state index in [1.165, 1.54) is 22.2 Å². The van der Waals surface area contributed by atoms with Crippen LogP contribution in [-0.4, -0.2) is 9.61 Å². The van der Waals surface area contributed by atoms with Gasteiger partial charge in [0, 0.05) is 24.3 Å². The molecule has 0 aliphatic rings. The molecule has 0 aliphatic heterocycles. The molecule has 3 aromatic rings. The van der Waals surface area contributed by atoms with Crippen molar-refractivity contribution in [2.75, 3.05) is 0 Å². The van der Waals surface area contributed by atoms with E-state index in [0.717, 1.165) is 13.0 Å². The van der Waals surface area contributed by atoms with E-state index in [1.54, 1.807) is 0 Å². The molecule has 1 unspecified atom stereocenters. The summed E-state index contributed by atoms with van der Waals surface area (Å²) in [5.41, 5.74) is 5.06. The van der Waals surface area contributed by atoms with Crippen molar-refractivity contribution in [3.8, 4) is 0 Å². The average Bonchev–Trinajstić information content (AvgIpc) is 2.93. The normalized spacial score (nSPS) is 12.7. The first-order chi connectivity index (χ1) is 10.3. The lowest BCUT2D eigenvalue weighted by atomic mass is 10.0. The van der Waals surface area contributed by atoms with Gasteiger partial charge in [0.05, 0.1) is 11.7 Å². The van der Waals surface area contributed by atoms with Gasteiger partial charge < -0.3 is 5.32 Å². The predicted molar refractivity (Wildman–Crippen MR) is 86.2 cm³/mol. The molecule has 0 aliphatic carbocycles. The second-order valence-electron chi connectivity index (χ2n) is 5.45. The summed E-state index contributed by atoms with van der Waals surface area (Å²) in [5.74, 6) is 0. The zero-order chi connectivity index (χ0) is 14.7. The molecule has 0 radical (unpaired) electrons. The lowest BCUT2D eigenvalue weighted by molar-refractivity contribution is 0.520.